The fraction of sp³-hybridized carbons (Fsp3) is 0.571. The molecular formula is C14H18ClNO4S. The summed E-state index contributed by atoms with van der Waals surface area (Å²) in [5.74, 6) is -1.31. The van der Waals surface area contributed by atoms with Gasteiger partial charge in [0.15, 0.2) is 0 Å². The van der Waals surface area contributed by atoms with Crippen molar-refractivity contribution in [2.75, 3.05) is 0 Å². The average molecular weight is 332 g/mol. The summed E-state index contributed by atoms with van der Waals surface area (Å²) in [6.45, 7) is 5.34. The number of carbonyl (C=O) groups is 2. The minimum Gasteiger partial charge on any atom is -0.481 e. The summed E-state index contributed by atoms with van der Waals surface area (Å²) >= 11 is 7.29. The van der Waals surface area contributed by atoms with Gasteiger partial charge in [-0.25, -0.2) is 4.79 Å². The molecule has 5 nitrogen and oxygen atoms in total. The zero-order valence-electron chi connectivity index (χ0n) is 12.1. The highest BCUT2D eigenvalue weighted by atomic mass is 35.5. The third kappa shape index (κ3) is 3.68. The van der Waals surface area contributed by atoms with Crippen molar-refractivity contribution >= 4 is 35.0 Å². The van der Waals surface area contributed by atoms with Gasteiger partial charge in [0, 0.05) is 4.88 Å². The molecule has 1 saturated carbocycles. The zero-order chi connectivity index (χ0) is 15.8. The van der Waals surface area contributed by atoms with Crippen LogP contribution in [0, 0.1) is 5.92 Å². The largest absolute Gasteiger partial charge is 0.481 e. The number of hydrogen-bond donors (Lipinski definition) is 2. The standard InChI is InChI=1S/C14H18ClNO4S/c1-13(2,3)20-12(19)16-14(6-8(7-14)11(17)18)9-4-5-10(15)21-9/h4-5,8H,6-7H2,1-3H3,(H,16,19)(H,17,18). The Balaban J connectivity index is 2.15. The molecule has 1 aliphatic rings. The Hall–Kier alpha value is -1.27. The smallest absolute Gasteiger partial charge is 0.408 e. The number of alkyl carbamates (subject to hydrolysis) is 1. The highest BCUT2D eigenvalue weighted by Crippen LogP contribution is 2.48. The number of hydrogen-bond acceptors (Lipinski definition) is 4. The van der Waals surface area contributed by atoms with Crippen molar-refractivity contribution in [1.29, 1.82) is 0 Å². The van der Waals surface area contributed by atoms with E-state index in [0.29, 0.717) is 17.2 Å². The van der Waals surface area contributed by atoms with E-state index in [4.69, 9.17) is 21.4 Å². The van der Waals surface area contributed by atoms with Gasteiger partial charge in [0.1, 0.15) is 5.60 Å². The second kappa shape index (κ2) is 5.50. The SMILES string of the molecule is CC(C)(C)OC(=O)NC1(c2ccc(Cl)s2)CC(C(=O)O)C1. The molecule has 116 valence electrons. The molecule has 21 heavy (non-hydrogen) atoms. The topological polar surface area (TPSA) is 75.6 Å². The van der Waals surface area contributed by atoms with Gasteiger partial charge in [0.25, 0.3) is 0 Å². The molecule has 0 aromatic carbocycles. The number of aliphatic carboxylic acids is 1. The van der Waals surface area contributed by atoms with Crippen molar-refractivity contribution in [3.8, 4) is 0 Å². The normalized spacial score (nSPS) is 25.0. The van der Waals surface area contributed by atoms with E-state index in [2.05, 4.69) is 5.32 Å². The summed E-state index contributed by atoms with van der Waals surface area (Å²) < 4.78 is 5.87. The molecule has 1 fully saturated rings. The van der Waals surface area contributed by atoms with Crippen LogP contribution >= 0.6 is 22.9 Å². The Morgan fingerprint density at radius 2 is 2.05 bits per heavy atom. The third-order valence-corrected chi connectivity index (χ3v) is 4.76. The second-order valence-corrected chi connectivity index (χ2v) is 7.97. The summed E-state index contributed by atoms with van der Waals surface area (Å²) in [6, 6.07) is 3.57. The van der Waals surface area contributed by atoms with Gasteiger partial charge in [-0.2, -0.15) is 0 Å². The van der Waals surface area contributed by atoms with E-state index >= 15 is 0 Å². The quantitative estimate of drug-likeness (QED) is 0.887. The number of carboxylic acids is 1. The number of ether oxygens (including phenoxy) is 1. The first-order valence-corrected chi connectivity index (χ1v) is 7.80. The fourth-order valence-electron chi connectivity index (χ4n) is 2.39. The van der Waals surface area contributed by atoms with Crippen LogP contribution in [-0.4, -0.2) is 22.8 Å². The summed E-state index contributed by atoms with van der Waals surface area (Å²) in [7, 11) is 0. The van der Waals surface area contributed by atoms with E-state index in [0.717, 1.165) is 4.88 Å². The third-order valence-electron chi connectivity index (χ3n) is 3.32. The monoisotopic (exact) mass is 331 g/mol. The minimum absolute atomic E-state index is 0.346. The maximum atomic E-state index is 12.0. The molecular weight excluding hydrogens is 314 g/mol. The van der Waals surface area contributed by atoms with Crippen molar-refractivity contribution in [3.05, 3.63) is 21.3 Å². The molecule has 2 rings (SSSR count). The first kappa shape index (κ1) is 16.1. The molecule has 0 aliphatic heterocycles. The molecule has 1 aliphatic carbocycles. The molecule has 0 unspecified atom stereocenters. The Kier molecular flexibility index (Phi) is 4.22. The first-order chi connectivity index (χ1) is 9.61. The number of carbonyl (C=O) groups excluding carboxylic acids is 1. The number of halogens is 1. The van der Waals surface area contributed by atoms with Crippen LogP contribution in [0.1, 0.15) is 38.5 Å². The molecule has 0 atom stereocenters. The molecule has 1 amide bonds. The van der Waals surface area contributed by atoms with Crippen LogP contribution in [0.25, 0.3) is 0 Å². The van der Waals surface area contributed by atoms with Gasteiger partial charge in [0.2, 0.25) is 0 Å². The van der Waals surface area contributed by atoms with E-state index in [1.807, 2.05) is 6.07 Å². The van der Waals surface area contributed by atoms with Crippen LogP contribution in [-0.2, 0) is 15.1 Å². The lowest BCUT2D eigenvalue weighted by Gasteiger charge is -2.45. The van der Waals surface area contributed by atoms with Crippen molar-refractivity contribution in [2.45, 2.75) is 44.8 Å². The van der Waals surface area contributed by atoms with Crippen LogP contribution in [0.5, 0.6) is 0 Å². The van der Waals surface area contributed by atoms with Crippen molar-refractivity contribution in [1.82, 2.24) is 5.32 Å². The molecule has 0 radical (unpaired) electrons. The van der Waals surface area contributed by atoms with Crippen LogP contribution in [0.15, 0.2) is 12.1 Å². The van der Waals surface area contributed by atoms with Gasteiger partial charge >= 0.3 is 12.1 Å². The van der Waals surface area contributed by atoms with Gasteiger partial charge in [-0.05, 0) is 45.7 Å². The summed E-state index contributed by atoms with van der Waals surface area (Å²) in [5.41, 5.74) is -1.29. The molecule has 0 bridgehead atoms. The minimum atomic E-state index is -0.848. The number of nitrogens with one attached hydrogen (secondary N) is 1. The second-order valence-electron chi connectivity index (χ2n) is 6.26. The van der Waals surface area contributed by atoms with E-state index in [9.17, 15) is 9.59 Å². The van der Waals surface area contributed by atoms with E-state index in [-0.39, 0.29) is 0 Å². The Bertz CT molecular complexity index is 558. The van der Waals surface area contributed by atoms with E-state index < -0.39 is 29.1 Å². The van der Waals surface area contributed by atoms with Crippen molar-refractivity contribution in [3.63, 3.8) is 0 Å². The highest BCUT2D eigenvalue weighted by molar-refractivity contribution is 7.16. The maximum absolute atomic E-state index is 12.0. The van der Waals surface area contributed by atoms with Gasteiger partial charge in [0.05, 0.1) is 15.8 Å². The predicted molar refractivity (Wildman–Crippen MR) is 80.7 cm³/mol. The number of amides is 1. The van der Waals surface area contributed by atoms with Gasteiger partial charge in [-0.1, -0.05) is 11.6 Å². The van der Waals surface area contributed by atoms with Crippen LogP contribution in [0.2, 0.25) is 4.34 Å². The van der Waals surface area contributed by atoms with Crippen LogP contribution in [0.3, 0.4) is 0 Å². The molecule has 7 heteroatoms. The lowest BCUT2D eigenvalue weighted by Crippen LogP contribution is -2.56. The average Bonchev–Trinajstić information content (AvgIpc) is 2.66. The fourth-order valence-corrected chi connectivity index (χ4v) is 3.60. The zero-order valence-corrected chi connectivity index (χ0v) is 13.7. The van der Waals surface area contributed by atoms with Crippen molar-refractivity contribution < 1.29 is 19.4 Å². The molecule has 1 aromatic heterocycles. The van der Waals surface area contributed by atoms with Crippen LogP contribution in [0.4, 0.5) is 4.79 Å². The molecule has 0 saturated heterocycles. The van der Waals surface area contributed by atoms with Crippen molar-refractivity contribution in [2.24, 2.45) is 5.92 Å². The number of carboxylic acid groups (broad SMARTS) is 1. The Morgan fingerprint density at radius 3 is 2.48 bits per heavy atom. The van der Waals surface area contributed by atoms with Gasteiger partial charge < -0.3 is 15.2 Å². The number of thiophene rings is 1. The Morgan fingerprint density at radius 1 is 1.43 bits per heavy atom. The summed E-state index contributed by atoms with van der Waals surface area (Å²) in [4.78, 5) is 23.9. The number of rotatable bonds is 3. The van der Waals surface area contributed by atoms with E-state index in [1.54, 1.807) is 26.8 Å². The predicted octanol–water partition coefficient (Wildman–Crippen LogP) is 3.62. The van der Waals surface area contributed by atoms with Crippen LogP contribution < -0.4 is 5.32 Å². The lowest BCUT2D eigenvalue weighted by molar-refractivity contribution is -0.148. The maximum Gasteiger partial charge on any atom is 0.408 e. The van der Waals surface area contributed by atoms with E-state index in [1.165, 1.54) is 11.3 Å². The summed E-state index contributed by atoms with van der Waals surface area (Å²) in [6.07, 6.45) is 0.146. The Labute approximate surface area is 132 Å². The molecule has 1 heterocycles. The lowest BCUT2D eigenvalue weighted by atomic mass is 9.67. The first-order valence-electron chi connectivity index (χ1n) is 6.61. The molecule has 0 spiro atoms. The highest BCUT2D eigenvalue weighted by Gasteiger charge is 2.51. The summed E-state index contributed by atoms with van der Waals surface area (Å²) in [5, 5.41) is 11.9. The molecule has 2 N–H and O–H groups in total. The van der Waals surface area contributed by atoms with Gasteiger partial charge in [-0.3, -0.25) is 4.79 Å². The molecule has 1 aromatic rings. The van der Waals surface area contributed by atoms with Gasteiger partial charge in [-0.15, -0.1) is 11.3 Å².